The summed E-state index contributed by atoms with van der Waals surface area (Å²) < 4.78 is 0. The van der Waals surface area contributed by atoms with Crippen molar-refractivity contribution < 1.29 is 4.79 Å². The van der Waals surface area contributed by atoms with Gasteiger partial charge in [0, 0.05) is 29.4 Å². The molecule has 1 N–H and O–H groups in total. The third-order valence-corrected chi connectivity index (χ3v) is 5.91. The summed E-state index contributed by atoms with van der Waals surface area (Å²) in [6.07, 6.45) is 2.73. The van der Waals surface area contributed by atoms with E-state index in [-0.39, 0.29) is 5.91 Å². The van der Waals surface area contributed by atoms with Crippen molar-refractivity contribution in [3.05, 3.63) is 52.2 Å². The van der Waals surface area contributed by atoms with Gasteiger partial charge in [-0.25, -0.2) is 4.98 Å². The van der Waals surface area contributed by atoms with Crippen LogP contribution < -0.4 is 10.2 Å². The predicted octanol–water partition coefficient (Wildman–Crippen LogP) is 4.65. The van der Waals surface area contributed by atoms with Crippen LogP contribution in [0.5, 0.6) is 0 Å². The fraction of sp³-hybridized carbons (Fsp3) is 0.263. The zero-order chi connectivity index (χ0) is 17.1. The lowest BCUT2D eigenvalue weighted by atomic mass is 10.2. The third-order valence-electron chi connectivity index (χ3n) is 4.29. The normalized spacial score (nSPS) is 14.0. The Labute approximate surface area is 155 Å². The van der Waals surface area contributed by atoms with Gasteiger partial charge in [-0.2, -0.15) is 11.3 Å². The topological polar surface area (TPSA) is 45.2 Å². The Hall–Kier alpha value is -2.18. The lowest BCUT2D eigenvalue weighted by Gasteiger charge is -2.21. The van der Waals surface area contributed by atoms with E-state index in [1.165, 1.54) is 12.8 Å². The second-order valence-corrected chi connectivity index (χ2v) is 7.73. The molecule has 128 valence electrons. The number of nitrogens with one attached hydrogen (secondary N) is 1. The lowest BCUT2D eigenvalue weighted by Crippen LogP contribution is -2.21. The summed E-state index contributed by atoms with van der Waals surface area (Å²) >= 11 is 3.24. The predicted molar refractivity (Wildman–Crippen MR) is 106 cm³/mol. The number of rotatable bonds is 5. The molecule has 4 rings (SSSR count). The standard InChI is InChI=1S/C19H19N3OS2/c23-18(11-15-13-25-19(20-15)14-7-10-24-12-14)21-16-5-1-2-6-17(16)22-8-3-4-9-22/h1-2,5-7,10,12-13H,3-4,8-9,11H2,(H,21,23). The number of nitrogens with zero attached hydrogens (tertiary/aromatic N) is 2. The first kappa shape index (κ1) is 16.3. The van der Waals surface area contributed by atoms with Gasteiger partial charge in [-0.1, -0.05) is 12.1 Å². The van der Waals surface area contributed by atoms with Gasteiger partial charge in [-0.15, -0.1) is 11.3 Å². The van der Waals surface area contributed by atoms with Crippen LogP contribution >= 0.6 is 22.7 Å². The first-order valence-corrected chi connectivity index (χ1v) is 10.2. The average Bonchev–Trinajstić information content (AvgIpc) is 3.37. The van der Waals surface area contributed by atoms with Crippen LogP contribution in [0.25, 0.3) is 10.6 Å². The summed E-state index contributed by atoms with van der Waals surface area (Å²) in [4.78, 5) is 19.4. The van der Waals surface area contributed by atoms with Crippen molar-refractivity contribution in [2.24, 2.45) is 0 Å². The molecule has 6 heteroatoms. The number of thiophene rings is 1. The molecule has 25 heavy (non-hydrogen) atoms. The summed E-state index contributed by atoms with van der Waals surface area (Å²) in [7, 11) is 0. The van der Waals surface area contributed by atoms with Gasteiger partial charge in [0.1, 0.15) is 5.01 Å². The highest BCUT2D eigenvalue weighted by molar-refractivity contribution is 7.14. The van der Waals surface area contributed by atoms with E-state index < -0.39 is 0 Å². The van der Waals surface area contributed by atoms with Crippen LogP contribution in [0.3, 0.4) is 0 Å². The number of carbonyl (C=O) groups is 1. The molecule has 4 nitrogen and oxygen atoms in total. The molecule has 0 saturated carbocycles. The zero-order valence-electron chi connectivity index (χ0n) is 13.8. The molecule has 1 amide bonds. The molecule has 1 saturated heterocycles. The number of benzene rings is 1. The molecule has 3 heterocycles. The van der Waals surface area contributed by atoms with Crippen molar-refractivity contribution in [1.82, 2.24) is 4.98 Å². The summed E-state index contributed by atoms with van der Waals surface area (Å²) in [6.45, 7) is 2.12. The zero-order valence-corrected chi connectivity index (χ0v) is 15.4. The molecule has 1 aliphatic heterocycles. The van der Waals surface area contributed by atoms with E-state index in [1.54, 1.807) is 22.7 Å². The number of hydrogen-bond donors (Lipinski definition) is 1. The maximum absolute atomic E-state index is 12.5. The summed E-state index contributed by atoms with van der Waals surface area (Å²) in [5, 5.41) is 10.1. The van der Waals surface area contributed by atoms with Crippen molar-refractivity contribution in [2.75, 3.05) is 23.3 Å². The van der Waals surface area contributed by atoms with Crippen LogP contribution in [0.2, 0.25) is 0 Å². The maximum Gasteiger partial charge on any atom is 0.230 e. The summed E-state index contributed by atoms with van der Waals surface area (Å²) in [5.74, 6) is -0.0196. The molecular weight excluding hydrogens is 350 g/mol. The van der Waals surface area contributed by atoms with Crippen LogP contribution in [0.4, 0.5) is 11.4 Å². The molecule has 1 aromatic carbocycles. The second-order valence-electron chi connectivity index (χ2n) is 6.09. The van der Waals surface area contributed by atoms with E-state index in [0.29, 0.717) is 6.42 Å². The highest BCUT2D eigenvalue weighted by Gasteiger charge is 2.17. The van der Waals surface area contributed by atoms with Crippen LogP contribution in [-0.4, -0.2) is 24.0 Å². The maximum atomic E-state index is 12.5. The van der Waals surface area contributed by atoms with Crippen molar-refractivity contribution in [3.63, 3.8) is 0 Å². The number of anilines is 2. The summed E-state index contributed by atoms with van der Waals surface area (Å²) in [5.41, 5.74) is 3.96. The van der Waals surface area contributed by atoms with Gasteiger partial charge in [-0.3, -0.25) is 4.79 Å². The molecule has 0 aliphatic carbocycles. The molecule has 0 bridgehead atoms. The lowest BCUT2D eigenvalue weighted by molar-refractivity contribution is -0.115. The Morgan fingerprint density at radius 2 is 2.00 bits per heavy atom. The van der Waals surface area contributed by atoms with Crippen LogP contribution in [0.1, 0.15) is 18.5 Å². The molecule has 0 unspecified atom stereocenters. The minimum absolute atomic E-state index is 0.0196. The summed E-state index contributed by atoms with van der Waals surface area (Å²) in [6, 6.07) is 10.1. The Bertz CT molecular complexity index is 851. The number of aromatic nitrogens is 1. The van der Waals surface area contributed by atoms with Crippen molar-refractivity contribution >= 4 is 40.0 Å². The highest BCUT2D eigenvalue weighted by Crippen LogP contribution is 2.29. The number of carbonyl (C=O) groups excluding carboxylic acids is 1. The average molecular weight is 370 g/mol. The monoisotopic (exact) mass is 369 g/mol. The molecule has 2 aromatic heterocycles. The van der Waals surface area contributed by atoms with Crippen molar-refractivity contribution in [2.45, 2.75) is 19.3 Å². The largest absolute Gasteiger partial charge is 0.370 e. The Balaban J connectivity index is 1.44. The number of thiazole rings is 1. The van der Waals surface area contributed by atoms with Gasteiger partial charge in [0.05, 0.1) is 23.5 Å². The van der Waals surface area contributed by atoms with Crippen LogP contribution in [0, 0.1) is 0 Å². The van der Waals surface area contributed by atoms with E-state index in [4.69, 9.17) is 0 Å². The molecule has 0 atom stereocenters. The smallest absolute Gasteiger partial charge is 0.230 e. The SMILES string of the molecule is O=C(Cc1csc(-c2ccsc2)n1)Nc1ccccc1N1CCCC1. The quantitative estimate of drug-likeness (QED) is 0.712. The Morgan fingerprint density at radius 3 is 2.80 bits per heavy atom. The second kappa shape index (κ2) is 7.37. The molecule has 3 aromatic rings. The number of amides is 1. The van der Waals surface area contributed by atoms with E-state index >= 15 is 0 Å². The fourth-order valence-corrected chi connectivity index (χ4v) is 4.61. The van der Waals surface area contributed by atoms with E-state index in [1.807, 2.05) is 29.0 Å². The minimum atomic E-state index is -0.0196. The van der Waals surface area contributed by atoms with E-state index in [9.17, 15) is 4.79 Å². The van der Waals surface area contributed by atoms with Gasteiger partial charge >= 0.3 is 0 Å². The van der Waals surface area contributed by atoms with Gasteiger partial charge in [0.15, 0.2) is 0 Å². The Kier molecular flexibility index (Phi) is 4.81. The number of para-hydroxylation sites is 2. The van der Waals surface area contributed by atoms with Gasteiger partial charge < -0.3 is 10.2 Å². The molecule has 0 spiro atoms. The van der Waals surface area contributed by atoms with Gasteiger partial charge in [-0.05, 0) is 36.4 Å². The van der Waals surface area contributed by atoms with Crippen molar-refractivity contribution in [1.29, 1.82) is 0 Å². The molecule has 1 fully saturated rings. The van der Waals surface area contributed by atoms with Crippen molar-refractivity contribution in [3.8, 4) is 10.6 Å². The third kappa shape index (κ3) is 3.75. The first-order valence-electron chi connectivity index (χ1n) is 8.40. The van der Waals surface area contributed by atoms with Gasteiger partial charge in [0.25, 0.3) is 0 Å². The first-order chi connectivity index (χ1) is 12.3. The Morgan fingerprint density at radius 1 is 1.16 bits per heavy atom. The fourth-order valence-electron chi connectivity index (χ4n) is 3.08. The highest BCUT2D eigenvalue weighted by atomic mass is 32.1. The van der Waals surface area contributed by atoms with Crippen LogP contribution in [-0.2, 0) is 11.2 Å². The molecular formula is C19H19N3OS2. The minimum Gasteiger partial charge on any atom is -0.370 e. The van der Waals surface area contributed by atoms with E-state index in [0.717, 1.165) is 40.7 Å². The molecule has 0 radical (unpaired) electrons. The van der Waals surface area contributed by atoms with Crippen LogP contribution in [0.15, 0.2) is 46.5 Å². The van der Waals surface area contributed by atoms with E-state index in [2.05, 4.69) is 32.7 Å². The number of hydrogen-bond acceptors (Lipinski definition) is 5. The van der Waals surface area contributed by atoms with Gasteiger partial charge in [0.2, 0.25) is 5.91 Å². The molecule has 1 aliphatic rings.